The van der Waals surface area contributed by atoms with Crippen LogP contribution < -0.4 is 0 Å². The van der Waals surface area contributed by atoms with Gasteiger partial charge in [-0.25, -0.2) is 0 Å². The number of rotatable bonds is 38. The Kier molecular flexibility index (Phi) is 39.1. The van der Waals surface area contributed by atoms with Gasteiger partial charge in [0, 0.05) is 12.8 Å². The van der Waals surface area contributed by atoms with E-state index >= 15 is 0 Å². The fourth-order valence-corrected chi connectivity index (χ4v) is 6.11. The van der Waals surface area contributed by atoms with E-state index < -0.39 is 5.97 Å². The molecule has 4 nitrogen and oxygen atoms in total. The van der Waals surface area contributed by atoms with E-state index in [1.807, 2.05) is 0 Å². The highest BCUT2D eigenvalue weighted by molar-refractivity contribution is 5.69. The summed E-state index contributed by atoms with van der Waals surface area (Å²) in [5.41, 5.74) is 0. The van der Waals surface area contributed by atoms with E-state index in [4.69, 9.17) is 9.84 Å². The molecule has 1 atom stereocenters. The molecule has 0 fully saturated rings. The summed E-state index contributed by atoms with van der Waals surface area (Å²) in [6.45, 7) is 4.43. The highest BCUT2D eigenvalue weighted by Gasteiger charge is 2.14. The second-order valence-corrected chi connectivity index (χ2v) is 14.1. The molecule has 0 bridgehead atoms. The van der Waals surface area contributed by atoms with E-state index in [1.54, 1.807) is 0 Å². The first-order valence-corrected chi connectivity index (χ1v) is 21.3. The maximum absolute atomic E-state index is 12.7. The number of carbonyl (C=O) groups excluding carboxylic acids is 1. The summed E-state index contributed by atoms with van der Waals surface area (Å²) in [4.78, 5) is 23.4. The van der Waals surface area contributed by atoms with Crippen molar-refractivity contribution >= 4 is 11.9 Å². The standard InChI is InChI=1S/C46H80O4/c1-3-5-7-9-11-13-15-17-19-20-22-24-26-28-30-35-39-43-46(49)50-44(41-37-33-31-34-38-42-45(47)48)40-36-32-29-27-25-23-21-18-16-14-12-10-8-6-4-2/h5,7,11,13,16-19,23,25,44H,3-4,6,8-10,12,14-15,20-22,24,26-43H2,1-2H3,(H,47,48)/b7-5-,13-11-,18-16-,19-17-,25-23-. The van der Waals surface area contributed by atoms with E-state index in [9.17, 15) is 9.59 Å². The Balaban J connectivity index is 4.11. The number of esters is 1. The first-order chi connectivity index (χ1) is 24.6. The van der Waals surface area contributed by atoms with Crippen molar-refractivity contribution in [3.63, 3.8) is 0 Å². The number of allylic oxidation sites excluding steroid dienone is 10. The van der Waals surface area contributed by atoms with E-state index in [0.717, 1.165) is 96.3 Å². The molecule has 4 heteroatoms. The third-order valence-electron chi connectivity index (χ3n) is 9.22. The number of carboxylic acid groups (broad SMARTS) is 1. The lowest BCUT2D eigenvalue weighted by Gasteiger charge is -2.18. The lowest BCUT2D eigenvalue weighted by Crippen LogP contribution is -2.18. The summed E-state index contributed by atoms with van der Waals surface area (Å²) >= 11 is 0. The van der Waals surface area contributed by atoms with Crippen LogP contribution in [-0.2, 0) is 14.3 Å². The number of hydrogen-bond acceptors (Lipinski definition) is 3. The molecule has 0 heterocycles. The molecule has 0 aliphatic carbocycles. The highest BCUT2D eigenvalue weighted by atomic mass is 16.5. The highest BCUT2D eigenvalue weighted by Crippen LogP contribution is 2.18. The fourth-order valence-electron chi connectivity index (χ4n) is 6.11. The van der Waals surface area contributed by atoms with Gasteiger partial charge in [0.1, 0.15) is 6.10 Å². The van der Waals surface area contributed by atoms with Crippen LogP contribution in [0.4, 0.5) is 0 Å². The molecule has 50 heavy (non-hydrogen) atoms. The molecule has 0 aromatic rings. The topological polar surface area (TPSA) is 63.6 Å². The minimum Gasteiger partial charge on any atom is -0.481 e. The van der Waals surface area contributed by atoms with Gasteiger partial charge < -0.3 is 9.84 Å². The number of hydrogen-bond donors (Lipinski definition) is 1. The molecule has 0 aliphatic rings. The summed E-state index contributed by atoms with van der Waals surface area (Å²) in [7, 11) is 0. The Labute approximate surface area is 310 Å². The predicted octanol–water partition coefficient (Wildman–Crippen LogP) is 14.9. The van der Waals surface area contributed by atoms with Crippen molar-refractivity contribution in [2.24, 2.45) is 0 Å². The van der Waals surface area contributed by atoms with E-state index in [2.05, 4.69) is 74.6 Å². The average molecular weight is 697 g/mol. The van der Waals surface area contributed by atoms with Gasteiger partial charge in [-0.2, -0.15) is 0 Å². The molecule has 0 spiro atoms. The minimum atomic E-state index is -0.707. The number of carbonyl (C=O) groups is 2. The van der Waals surface area contributed by atoms with Gasteiger partial charge in [-0.3, -0.25) is 9.59 Å². The minimum absolute atomic E-state index is 0.0209. The van der Waals surface area contributed by atoms with Crippen molar-refractivity contribution in [2.75, 3.05) is 0 Å². The van der Waals surface area contributed by atoms with Crippen molar-refractivity contribution in [3.8, 4) is 0 Å². The molecule has 1 N–H and O–H groups in total. The zero-order valence-corrected chi connectivity index (χ0v) is 32.9. The lowest BCUT2D eigenvalue weighted by molar-refractivity contribution is -0.150. The zero-order chi connectivity index (χ0) is 36.4. The second-order valence-electron chi connectivity index (χ2n) is 14.1. The maximum atomic E-state index is 12.7. The first-order valence-electron chi connectivity index (χ1n) is 21.3. The molecule has 0 aromatic carbocycles. The molecule has 0 amide bonds. The molecular weight excluding hydrogens is 617 g/mol. The van der Waals surface area contributed by atoms with Gasteiger partial charge in [-0.1, -0.05) is 158 Å². The SMILES string of the molecule is CC/C=C\C/C=C\C/C=C\CCCCCCCCCC(=O)OC(CCCCC/C=C\C/C=C\CCCCCCC)CCCCCCCC(=O)O. The number of ether oxygens (including phenoxy) is 1. The Bertz CT molecular complexity index is 881. The summed E-state index contributed by atoms with van der Waals surface area (Å²) in [5, 5.41) is 8.84. The van der Waals surface area contributed by atoms with Crippen LogP contribution >= 0.6 is 0 Å². The van der Waals surface area contributed by atoms with E-state index in [1.165, 1.54) is 89.9 Å². The maximum Gasteiger partial charge on any atom is 0.306 e. The summed E-state index contributed by atoms with van der Waals surface area (Å²) in [5.74, 6) is -0.728. The van der Waals surface area contributed by atoms with Crippen LogP contribution in [0.5, 0.6) is 0 Å². The van der Waals surface area contributed by atoms with Crippen molar-refractivity contribution in [1.82, 2.24) is 0 Å². The fraction of sp³-hybridized carbons (Fsp3) is 0.739. The molecule has 0 rings (SSSR count). The van der Waals surface area contributed by atoms with Gasteiger partial charge >= 0.3 is 11.9 Å². The molecule has 0 aromatic heterocycles. The number of carboxylic acids is 1. The Morgan fingerprint density at radius 1 is 0.460 bits per heavy atom. The molecule has 0 radical (unpaired) electrons. The monoisotopic (exact) mass is 697 g/mol. The van der Waals surface area contributed by atoms with Crippen LogP contribution in [0, 0.1) is 0 Å². The Morgan fingerprint density at radius 3 is 1.32 bits per heavy atom. The third-order valence-corrected chi connectivity index (χ3v) is 9.22. The van der Waals surface area contributed by atoms with Crippen LogP contribution in [0.2, 0.25) is 0 Å². The van der Waals surface area contributed by atoms with Crippen LogP contribution in [0.1, 0.15) is 213 Å². The van der Waals surface area contributed by atoms with Gasteiger partial charge in [-0.15, -0.1) is 0 Å². The average Bonchev–Trinajstić information content (AvgIpc) is 3.10. The van der Waals surface area contributed by atoms with Crippen molar-refractivity contribution < 1.29 is 19.4 Å². The van der Waals surface area contributed by atoms with Crippen LogP contribution in [0.3, 0.4) is 0 Å². The second kappa shape index (κ2) is 41.1. The van der Waals surface area contributed by atoms with E-state index in [-0.39, 0.29) is 18.5 Å². The van der Waals surface area contributed by atoms with Gasteiger partial charge in [0.25, 0.3) is 0 Å². The molecule has 0 saturated carbocycles. The normalized spacial score (nSPS) is 12.8. The number of unbranched alkanes of at least 4 members (excludes halogenated alkanes) is 19. The predicted molar refractivity (Wildman–Crippen MR) is 218 cm³/mol. The molecule has 0 saturated heterocycles. The smallest absolute Gasteiger partial charge is 0.306 e. The van der Waals surface area contributed by atoms with Crippen molar-refractivity contribution in [1.29, 1.82) is 0 Å². The molecule has 1 unspecified atom stereocenters. The molecular formula is C46H80O4. The summed E-state index contributed by atoms with van der Waals surface area (Å²) < 4.78 is 6.01. The van der Waals surface area contributed by atoms with Gasteiger partial charge in [0.05, 0.1) is 0 Å². The summed E-state index contributed by atoms with van der Waals surface area (Å²) in [6, 6.07) is 0. The van der Waals surface area contributed by atoms with E-state index in [0.29, 0.717) is 6.42 Å². The largest absolute Gasteiger partial charge is 0.481 e. The van der Waals surface area contributed by atoms with Crippen LogP contribution in [0.15, 0.2) is 60.8 Å². The van der Waals surface area contributed by atoms with Crippen molar-refractivity contribution in [3.05, 3.63) is 60.8 Å². The Morgan fingerprint density at radius 2 is 0.840 bits per heavy atom. The van der Waals surface area contributed by atoms with Gasteiger partial charge in [0.2, 0.25) is 0 Å². The van der Waals surface area contributed by atoms with Gasteiger partial charge in [0.15, 0.2) is 0 Å². The number of aliphatic carboxylic acids is 1. The lowest BCUT2D eigenvalue weighted by atomic mass is 10.0. The first kappa shape index (κ1) is 47.6. The third kappa shape index (κ3) is 40.1. The van der Waals surface area contributed by atoms with Gasteiger partial charge in [-0.05, 0) is 103 Å². The summed E-state index contributed by atoms with van der Waals surface area (Å²) in [6.07, 6.45) is 56.7. The van der Waals surface area contributed by atoms with Crippen LogP contribution in [-0.4, -0.2) is 23.1 Å². The molecule has 288 valence electrons. The van der Waals surface area contributed by atoms with Crippen LogP contribution in [0.25, 0.3) is 0 Å². The quantitative estimate of drug-likeness (QED) is 0.0396. The Hall–Kier alpha value is -2.36. The molecule has 0 aliphatic heterocycles. The van der Waals surface area contributed by atoms with Crippen molar-refractivity contribution in [2.45, 2.75) is 219 Å². The zero-order valence-electron chi connectivity index (χ0n) is 32.9.